The van der Waals surface area contributed by atoms with Gasteiger partial charge in [-0.15, -0.1) is 0 Å². The van der Waals surface area contributed by atoms with Gasteiger partial charge in [0.15, 0.2) is 0 Å². The highest BCUT2D eigenvalue weighted by molar-refractivity contribution is 6.13. The maximum Gasteiger partial charge on any atom is 0.268 e. The largest absolute Gasteiger partial charge is 0.372 e. The summed E-state index contributed by atoms with van der Waals surface area (Å²) >= 11 is 0. The molecule has 0 saturated carbocycles. The molecule has 1 aromatic heterocycles. The first-order valence-corrected chi connectivity index (χ1v) is 8.71. The number of hydrogen-bond donors (Lipinski definition) is 1. The van der Waals surface area contributed by atoms with Gasteiger partial charge < -0.3 is 14.5 Å². The predicted molar refractivity (Wildman–Crippen MR) is 102 cm³/mol. The van der Waals surface area contributed by atoms with E-state index in [9.17, 15) is 9.90 Å². The van der Waals surface area contributed by atoms with E-state index in [-0.39, 0.29) is 11.5 Å². The topological polar surface area (TPSA) is 79.5 Å². The highest BCUT2D eigenvalue weighted by Gasteiger charge is 2.53. The Morgan fingerprint density at radius 2 is 2.00 bits per heavy atom. The van der Waals surface area contributed by atoms with E-state index in [0.717, 1.165) is 11.1 Å². The standard InChI is InChI=1S/C21H19N3O3/c1-4-24-17-11-10-13(2)12-16(17)21(26,20(24)25)14(3)19-22-18(23-27-19)15-8-6-5-7-9-15/h5-12,26H,3-4H2,1-2H3. The third kappa shape index (κ3) is 2.49. The Hall–Kier alpha value is -3.25. The Labute approximate surface area is 156 Å². The van der Waals surface area contributed by atoms with Crippen LogP contribution in [-0.4, -0.2) is 27.7 Å². The van der Waals surface area contributed by atoms with Crippen molar-refractivity contribution < 1.29 is 14.4 Å². The van der Waals surface area contributed by atoms with Gasteiger partial charge in [-0.3, -0.25) is 4.79 Å². The second-order valence-corrected chi connectivity index (χ2v) is 6.55. The lowest BCUT2D eigenvalue weighted by atomic mass is 9.87. The number of carbonyl (C=O) groups excluding carboxylic acids is 1. The molecule has 0 spiro atoms. The van der Waals surface area contributed by atoms with Crippen LogP contribution >= 0.6 is 0 Å². The number of aromatic nitrogens is 2. The van der Waals surface area contributed by atoms with Gasteiger partial charge in [0.2, 0.25) is 11.4 Å². The summed E-state index contributed by atoms with van der Waals surface area (Å²) in [6.45, 7) is 8.14. The number of benzene rings is 2. The van der Waals surface area contributed by atoms with E-state index >= 15 is 0 Å². The fourth-order valence-electron chi connectivity index (χ4n) is 3.41. The molecule has 0 fully saturated rings. The Bertz CT molecular complexity index is 1040. The zero-order chi connectivity index (χ0) is 19.2. The van der Waals surface area contributed by atoms with Crippen LogP contribution in [0.15, 0.2) is 59.6 Å². The molecule has 6 heteroatoms. The number of aryl methyl sites for hydroxylation is 1. The minimum Gasteiger partial charge on any atom is -0.372 e. The van der Waals surface area contributed by atoms with Crippen LogP contribution in [0.25, 0.3) is 17.0 Å². The molecule has 0 bridgehead atoms. The lowest BCUT2D eigenvalue weighted by molar-refractivity contribution is -0.130. The molecular weight excluding hydrogens is 342 g/mol. The second-order valence-electron chi connectivity index (χ2n) is 6.55. The quantitative estimate of drug-likeness (QED) is 0.771. The molecule has 1 unspecified atom stereocenters. The molecule has 4 rings (SSSR count). The predicted octanol–water partition coefficient (Wildman–Crippen LogP) is 3.31. The van der Waals surface area contributed by atoms with Crippen molar-refractivity contribution in [1.29, 1.82) is 0 Å². The summed E-state index contributed by atoms with van der Waals surface area (Å²) in [5.41, 5.74) is 0.999. The maximum atomic E-state index is 13.0. The van der Waals surface area contributed by atoms with Gasteiger partial charge in [-0.25, -0.2) is 0 Å². The van der Waals surface area contributed by atoms with Gasteiger partial charge in [-0.2, -0.15) is 4.98 Å². The van der Waals surface area contributed by atoms with Crippen molar-refractivity contribution in [2.24, 2.45) is 0 Å². The van der Waals surface area contributed by atoms with E-state index in [0.29, 0.717) is 23.6 Å². The number of carbonyl (C=O) groups is 1. The smallest absolute Gasteiger partial charge is 0.268 e. The highest BCUT2D eigenvalue weighted by Crippen LogP contribution is 2.47. The molecule has 2 aromatic carbocycles. The van der Waals surface area contributed by atoms with Crippen molar-refractivity contribution in [2.45, 2.75) is 19.4 Å². The molecular formula is C21H19N3O3. The van der Waals surface area contributed by atoms with Crippen molar-refractivity contribution >= 4 is 17.2 Å². The van der Waals surface area contributed by atoms with Crippen LogP contribution in [0.5, 0.6) is 0 Å². The number of anilines is 1. The minimum absolute atomic E-state index is 0.0371. The van der Waals surface area contributed by atoms with Gasteiger partial charge in [-0.05, 0) is 19.9 Å². The molecule has 1 amide bonds. The van der Waals surface area contributed by atoms with Gasteiger partial charge in [0.1, 0.15) is 0 Å². The Kier molecular flexibility index (Phi) is 3.93. The number of likely N-dealkylation sites (N-methyl/N-ethyl adjacent to an activating group) is 1. The normalized spacial score (nSPS) is 18.6. The molecule has 0 aliphatic carbocycles. The summed E-state index contributed by atoms with van der Waals surface area (Å²) < 4.78 is 5.33. The van der Waals surface area contributed by atoms with Crippen LogP contribution in [-0.2, 0) is 10.4 Å². The van der Waals surface area contributed by atoms with Crippen molar-refractivity contribution in [3.63, 3.8) is 0 Å². The molecule has 1 aliphatic rings. The third-order valence-electron chi connectivity index (χ3n) is 4.86. The van der Waals surface area contributed by atoms with Crippen molar-refractivity contribution in [2.75, 3.05) is 11.4 Å². The number of nitrogens with zero attached hydrogens (tertiary/aromatic N) is 3. The van der Waals surface area contributed by atoms with E-state index < -0.39 is 11.5 Å². The van der Waals surface area contributed by atoms with Gasteiger partial charge in [0.25, 0.3) is 11.8 Å². The van der Waals surface area contributed by atoms with Crippen LogP contribution in [0.1, 0.15) is 23.9 Å². The average molecular weight is 361 g/mol. The summed E-state index contributed by atoms with van der Waals surface area (Å²) in [4.78, 5) is 18.9. The fraction of sp³-hybridized carbons (Fsp3) is 0.190. The Morgan fingerprint density at radius 3 is 2.70 bits per heavy atom. The van der Waals surface area contributed by atoms with Gasteiger partial charge >= 0.3 is 0 Å². The molecule has 1 aliphatic heterocycles. The third-order valence-corrected chi connectivity index (χ3v) is 4.86. The minimum atomic E-state index is -1.93. The molecule has 2 heterocycles. The molecule has 1 N–H and O–H groups in total. The average Bonchev–Trinajstić information content (AvgIpc) is 3.25. The zero-order valence-electron chi connectivity index (χ0n) is 15.1. The van der Waals surface area contributed by atoms with E-state index in [2.05, 4.69) is 16.7 Å². The summed E-state index contributed by atoms with van der Waals surface area (Å²) in [5.74, 6) is -0.0530. The fourth-order valence-corrected chi connectivity index (χ4v) is 3.41. The molecule has 0 radical (unpaired) electrons. The Balaban J connectivity index is 1.79. The van der Waals surface area contributed by atoms with Crippen LogP contribution in [0.2, 0.25) is 0 Å². The molecule has 136 valence electrons. The molecule has 3 aromatic rings. The van der Waals surface area contributed by atoms with Crippen molar-refractivity contribution in [3.8, 4) is 11.4 Å². The number of amides is 1. The molecule has 27 heavy (non-hydrogen) atoms. The van der Waals surface area contributed by atoms with Crippen LogP contribution in [0.3, 0.4) is 0 Å². The first kappa shape index (κ1) is 17.2. The summed E-state index contributed by atoms with van der Waals surface area (Å²) in [6, 6.07) is 14.9. The molecule has 6 nitrogen and oxygen atoms in total. The number of aliphatic hydroxyl groups is 1. The van der Waals surface area contributed by atoms with E-state index in [1.807, 2.05) is 56.3 Å². The number of hydrogen-bond acceptors (Lipinski definition) is 5. The lowest BCUT2D eigenvalue weighted by Crippen LogP contribution is -2.41. The monoisotopic (exact) mass is 361 g/mol. The second kappa shape index (κ2) is 6.17. The SMILES string of the molecule is C=C(c1nc(-c2ccccc2)no1)C1(O)C(=O)N(CC)c2ccc(C)cc21. The zero-order valence-corrected chi connectivity index (χ0v) is 15.1. The van der Waals surface area contributed by atoms with E-state index in [4.69, 9.17) is 4.52 Å². The molecule has 0 saturated heterocycles. The van der Waals surface area contributed by atoms with Crippen LogP contribution < -0.4 is 4.90 Å². The summed E-state index contributed by atoms with van der Waals surface area (Å²) in [5, 5.41) is 15.4. The van der Waals surface area contributed by atoms with Crippen molar-refractivity contribution in [3.05, 3.63) is 72.1 Å². The van der Waals surface area contributed by atoms with Crippen LogP contribution in [0.4, 0.5) is 5.69 Å². The maximum absolute atomic E-state index is 13.0. The lowest BCUT2D eigenvalue weighted by Gasteiger charge is -2.23. The van der Waals surface area contributed by atoms with Gasteiger partial charge in [0, 0.05) is 17.7 Å². The van der Waals surface area contributed by atoms with Crippen LogP contribution in [0, 0.1) is 6.92 Å². The first-order chi connectivity index (χ1) is 13.0. The summed E-state index contributed by atoms with van der Waals surface area (Å²) in [7, 11) is 0. The first-order valence-electron chi connectivity index (χ1n) is 8.71. The van der Waals surface area contributed by atoms with Crippen molar-refractivity contribution in [1.82, 2.24) is 10.1 Å². The number of fused-ring (bicyclic) bond motifs is 1. The molecule has 1 atom stereocenters. The highest BCUT2D eigenvalue weighted by atomic mass is 16.5. The van der Waals surface area contributed by atoms with Gasteiger partial charge in [0.05, 0.1) is 11.3 Å². The number of rotatable bonds is 4. The van der Waals surface area contributed by atoms with E-state index in [1.165, 1.54) is 4.90 Å². The summed E-state index contributed by atoms with van der Waals surface area (Å²) in [6.07, 6.45) is 0. The van der Waals surface area contributed by atoms with Gasteiger partial charge in [-0.1, -0.05) is 59.8 Å². The van der Waals surface area contributed by atoms with E-state index in [1.54, 1.807) is 6.07 Å². The Morgan fingerprint density at radius 1 is 1.26 bits per heavy atom.